The van der Waals surface area contributed by atoms with Crippen LogP contribution in [0.1, 0.15) is 57.6 Å². The molecule has 0 bridgehead atoms. The fourth-order valence-corrected chi connectivity index (χ4v) is 5.87. The first kappa shape index (κ1) is 29.2. The number of amides is 1. The number of hydrogen-bond acceptors (Lipinski definition) is 8. The van der Waals surface area contributed by atoms with Gasteiger partial charge in [0.05, 0.1) is 34.9 Å². The quantitative estimate of drug-likeness (QED) is 0.135. The molecule has 0 N–H and O–H groups in total. The molecule has 1 fully saturated rings. The van der Waals surface area contributed by atoms with Gasteiger partial charge in [-0.25, -0.2) is 14.5 Å². The summed E-state index contributed by atoms with van der Waals surface area (Å²) >= 11 is 0. The number of carbonyl (C=O) groups is 1. The van der Waals surface area contributed by atoms with E-state index in [-0.39, 0.29) is 18.6 Å². The first-order valence-corrected chi connectivity index (χ1v) is 17.9. The fraction of sp³-hybridized carbons (Fsp3) is 0.607. The highest BCUT2D eigenvalue weighted by Gasteiger charge is 2.34. The molecule has 2 aliphatic rings. The summed E-state index contributed by atoms with van der Waals surface area (Å²) in [6, 6.07) is 5.79. The molecule has 1 saturated heterocycles. The number of fused-ring (bicyclic) bond motifs is 2. The molecule has 4 heterocycles. The van der Waals surface area contributed by atoms with Gasteiger partial charge in [-0.2, -0.15) is 5.10 Å². The standard InChI is InChI=1S/C28H40N6O6Si/c1-28(2,3)40-27(35)31-16-21-23(17-31)32(18-38-13-14-41(4,5)6)26(29-21)25-20-15-19(34(36)37)10-11-22(20)33(30-25)24-9-7-8-12-39-24/h10-11,15,24H,7-9,12-14,16-18H2,1-6H3. The van der Waals surface area contributed by atoms with Gasteiger partial charge in [-0.1, -0.05) is 19.6 Å². The average molecular weight is 585 g/mol. The fourth-order valence-electron chi connectivity index (χ4n) is 5.11. The molecule has 222 valence electrons. The summed E-state index contributed by atoms with van der Waals surface area (Å²) in [5.41, 5.74) is 2.24. The highest BCUT2D eigenvalue weighted by Crippen LogP contribution is 2.37. The Balaban J connectivity index is 1.56. The van der Waals surface area contributed by atoms with E-state index in [0.29, 0.717) is 43.2 Å². The van der Waals surface area contributed by atoms with Crippen LogP contribution in [0.2, 0.25) is 25.7 Å². The summed E-state index contributed by atoms with van der Waals surface area (Å²) in [7, 11) is -1.31. The number of ether oxygens (including phenoxy) is 3. The molecule has 0 saturated carbocycles. The first-order valence-electron chi connectivity index (χ1n) is 14.2. The van der Waals surface area contributed by atoms with E-state index >= 15 is 0 Å². The van der Waals surface area contributed by atoms with Crippen LogP contribution in [-0.2, 0) is 34.0 Å². The first-order chi connectivity index (χ1) is 19.3. The van der Waals surface area contributed by atoms with Crippen LogP contribution in [0.5, 0.6) is 0 Å². The predicted octanol–water partition coefficient (Wildman–Crippen LogP) is 6.07. The number of non-ortho nitro benzene ring substituents is 1. The van der Waals surface area contributed by atoms with Gasteiger partial charge in [0.2, 0.25) is 0 Å². The largest absolute Gasteiger partial charge is 0.444 e. The Hall–Kier alpha value is -3.29. The molecule has 0 radical (unpaired) electrons. The highest BCUT2D eigenvalue weighted by molar-refractivity contribution is 6.76. The normalized spacial score (nSPS) is 17.7. The SMILES string of the molecule is CC(C)(C)OC(=O)N1Cc2nc(-c3nn(C4CCCCO4)c4ccc([N+](=O)[O-])cc34)n(COCC[Si](C)(C)C)c2C1. The second kappa shape index (κ2) is 11.2. The summed E-state index contributed by atoms with van der Waals surface area (Å²) < 4.78 is 21.6. The summed E-state index contributed by atoms with van der Waals surface area (Å²) in [4.78, 5) is 30.8. The molecule has 2 aromatic heterocycles. The topological polar surface area (TPSA) is 127 Å². The lowest BCUT2D eigenvalue weighted by Gasteiger charge is -2.24. The smallest absolute Gasteiger partial charge is 0.410 e. The van der Waals surface area contributed by atoms with Gasteiger partial charge in [0.25, 0.3) is 5.69 Å². The molecule has 0 aliphatic carbocycles. The van der Waals surface area contributed by atoms with Gasteiger partial charge in [-0.3, -0.25) is 15.0 Å². The number of rotatable bonds is 8. The summed E-state index contributed by atoms with van der Waals surface area (Å²) in [6.45, 7) is 14.5. The number of benzene rings is 1. The molecule has 5 rings (SSSR count). The van der Waals surface area contributed by atoms with Crippen LogP contribution in [0.25, 0.3) is 22.4 Å². The predicted molar refractivity (Wildman–Crippen MR) is 156 cm³/mol. The molecule has 2 aliphatic heterocycles. The van der Waals surface area contributed by atoms with Gasteiger partial charge >= 0.3 is 6.09 Å². The number of hydrogen-bond donors (Lipinski definition) is 0. The van der Waals surface area contributed by atoms with Crippen molar-refractivity contribution in [1.29, 1.82) is 0 Å². The van der Waals surface area contributed by atoms with Crippen LogP contribution in [-0.4, -0.2) is 62.1 Å². The van der Waals surface area contributed by atoms with Crippen LogP contribution in [0.3, 0.4) is 0 Å². The van der Waals surface area contributed by atoms with Crippen molar-refractivity contribution in [2.75, 3.05) is 13.2 Å². The third-order valence-corrected chi connectivity index (χ3v) is 8.95. The lowest BCUT2D eigenvalue weighted by atomic mass is 10.1. The average Bonchev–Trinajstić information content (AvgIpc) is 3.56. The summed E-state index contributed by atoms with van der Waals surface area (Å²) in [5.74, 6) is 0.562. The van der Waals surface area contributed by atoms with Gasteiger partial charge in [-0.05, 0) is 52.1 Å². The second-order valence-corrected chi connectivity index (χ2v) is 18.6. The van der Waals surface area contributed by atoms with Crippen molar-refractivity contribution in [3.63, 3.8) is 0 Å². The third-order valence-electron chi connectivity index (χ3n) is 7.25. The maximum absolute atomic E-state index is 12.9. The maximum atomic E-state index is 12.9. The summed E-state index contributed by atoms with van der Waals surface area (Å²) in [5, 5.41) is 17.3. The molecule has 13 heteroatoms. The molecule has 1 atom stereocenters. The van der Waals surface area contributed by atoms with Crippen molar-refractivity contribution >= 4 is 30.8 Å². The molecule has 41 heavy (non-hydrogen) atoms. The number of nitro groups is 1. The maximum Gasteiger partial charge on any atom is 0.410 e. The van der Waals surface area contributed by atoms with Crippen LogP contribution in [0.4, 0.5) is 10.5 Å². The van der Waals surface area contributed by atoms with E-state index < -0.39 is 24.7 Å². The zero-order chi connectivity index (χ0) is 29.5. The lowest BCUT2D eigenvalue weighted by Crippen LogP contribution is -2.34. The Morgan fingerprint density at radius 1 is 1.22 bits per heavy atom. The highest BCUT2D eigenvalue weighted by atomic mass is 28.3. The summed E-state index contributed by atoms with van der Waals surface area (Å²) in [6.07, 6.45) is 2.16. The van der Waals surface area contributed by atoms with E-state index in [4.69, 9.17) is 24.3 Å². The van der Waals surface area contributed by atoms with Crippen molar-refractivity contribution in [3.05, 3.63) is 39.7 Å². The van der Waals surface area contributed by atoms with E-state index in [2.05, 4.69) is 19.6 Å². The van der Waals surface area contributed by atoms with Crippen LogP contribution < -0.4 is 0 Å². The Morgan fingerprint density at radius 2 is 2.00 bits per heavy atom. The number of carbonyl (C=O) groups excluding carboxylic acids is 1. The Labute approximate surface area is 240 Å². The van der Waals surface area contributed by atoms with Gasteiger partial charge < -0.3 is 18.8 Å². The molecule has 1 unspecified atom stereocenters. The van der Waals surface area contributed by atoms with E-state index in [1.165, 1.54) is 6.07 Å². The Morgan fingerprint density at radius 3 is 2.66 bits per heavy atom. The molecule has 12 nitrogen and oxygen atoms in total. The van der Waals surface area contributed by atoms with Crippen molar-refractivity contribution < 1.29 is 23.9 Å². The van der Waals surface area contributed by atoms with Gasteiger partial charge in [0, 0.05) is 38.8 Å². The zero-order valence-electron chi connectivity index (χ0n) is 24.8. The molecular weight excluding hydrogens is 544 g/mol. The Kier molecular flexibility index (Phi) is 7.96. The number of aromatic nitrogens is 4. The van der Waals surface area contributed by atoms with Crippen molar-refractivity contribution in [2.45, 2.75) is 97.4 Å². The van der Waals surface area contributed by atoms with Crippen LogP contribution in [0, 0.1) is 10.1 Å². The van der Waals surface area contributed by atoms with E-state index in [9.17, 15) is 14.9 Å². The van der Waals surface area contributed by atoms with E-state index in [0.717, 1.165) is 42.2 Å². The van der Waals surface area contributed by atoms with E-state index in [1.807, 2.05) is 30.0 Å². The van der Waals surface area contributed by atoms with Gasteiger partial charge in [-0.15, -0.1) is 0 Å². The zero-order valence-corrected chi connectivity index (χ0v) is 25.8. The minimum Gasteiger partial charge on any atom is -0.444 e. The third kappa shape index (κ3) is 6.46. The minimum absolute atomic E-state index is 0.0176. The lowest BCUT2D eigenvalue weighted by molar-refractivity contribution is -0.384. The molecule has 1 amide bonds. The second-order valence-electron chi connectivity index (χ2n) is 13.0. The molecule has 0 spiro atoms. The van der Waals surface area contributed by atoms with Crippen molar-refractivity contribution in [3.8, 4) is 11.5 Å². The molecule has 1 aromatic carbocycles. The molecular formula is C28H40N6O6Si. The van der Waals surface area contributed by atoms with Gasteiger partial charge in [0.1, 0.15) is 18.0 Å². The Bertz CT molecular complexity index is 1450. The van der Waals surface area contributed by atoms with Crippen LogP contribution in [0.15, 0.2) is 18.2 Å². The molecule has 3 aromatic rings. The van der Waals surface area contributed by atoms with Crippen molar-refractivity contribution in [2.24, 2.45) is 0 Å². The van der Waals surface area contributed by atoms with Crippen LogP contribution >= 0.6 is 0 Å². The minimum atomic E-state index is -1.31. The number of nitro benzene ring substituents is 1. The van der Waals surface area contributed by atoms with Gasteiger partial charge in [0.15, 0.2) is 12.1 Å². The number of nitrogens with zero attached hydrogens (tertiary/aromatic N) is 6. The van der Waals surface area contributed by atoms with E-state index in [1.54, 1.807) is 17.0 Å². The monoisotopic (exact) mass is 584 g/mol. The van der Waals surface area contributed by atoms with Crippen molar-refractivity contribution in [1.82, 2.24) is 24.2 Å². The number of imidazole rings is 1.